The van der Waals surface area contributed by atoms with Crippen LogP contribution >= 0.6 is 12.2 Å². The van der Waals surface area contributed by atoms with Gasteiger partial charge in [0, 0.05) is 7.05 Å². The van der Waals surface area contributed by atoms with Crippen molar-refractivity contribution in [3.8, 4) is 0 Å². The van der Waals surface area contributed by atoms with Gasteiger partial charge in [-0.25, -0.2) is 8.42 Å². The van der Waals surface area contributed by atoms with Gasteiger partial charge in [0.05, 0.1) is 23.7 Å². The molecule has 2 aromatic heterocycles. The van der Waals surface area contributed by atoms with Crippen LogP contribution in [0.25, 0.3) is 0 Å². The summed E-state index contributed by atoms with van der Waals surface area (Å²) in [5.74, 6) is 0.216. The van der Waals surface area contributed by atoms with E-state index in [-0.39, 0.29) is 15.7 Å². The van der Waals surface area contributed by atoms with Gasteiger partial charge in [-0.15, -0.1) is 0 Å². The summed E-state index contributed by atoms with van der Waals surface area (Å²) in [7, 11) is -2.18. The molecule has 0 bridgehead atoms. The highest BCUT2D eigenvalue weighted by Crippen LogP contribution is 2.20. The molecule has 0 aliphatic carbocycles. The number of nitrogens with zero attached hydrogens (tertiary/aromatic N) is 3. The summed E-state index contributed by atoms with van der Waals surface area (Å²) < 4.78 is 28.2. The summed E-state index contributed by atoms with van der Waals surface area (Å²) in [6.07, 6.45) is 2.64. The summed E-state index contributed by atoms with van der Waals surface area (Å²) in [6, 6.07) is 0. The molecule has 2 aromatic rings. The van der Waals surface area contributed by atoms with E-state index < -0.39 is 10.0 Å². The standard InChI is InChI=1S/C9H12N6O2S2/c1-5-7(4-11-13-5)19(16,17)14-9-6(8(10)18)3-12-15(9)2/h3-4,14H,1-2H3,(H2,10,18)(H,11,13). The minimum absolute atomic E-state index is 0.0580. The lowest BCUT2D eigenvalue weighted by Crippen LogP contribution is -2.19. The second-order valence-electron chi connectivity index (χ2n) is 3.86. The predicted octanol–water partition coefficient (Wildman–Crippen LogP) is -0.113. The quantitative estimate of drug-likeness (QED) is 0.678. The van der Waals surface area contributed by atoms with E-state index in [2.05, 4.69) is 20.0 Å². The fourth-order valence-corrected chi connectivity index (χ4v) is 2.93. The number of H-pyrrole nitrogens is 1. The van der Waals surface area contributed by atoms with Crippen LogP contribution in [0.3, 0.4) is 0 Å². The van der Waals surface area contributed by atoms with Gasteiger partial charge in [0.2, 0.25) is 0 Å². The molecule has 0 aliphatic rings. The van der Waals surface area contributed by atoms with Gasteiger partial charge in [0.1, 0.15) is 15.7 Å². The Hall–Kier alpha value is -1.94. The molecule has 2 heterocycles. The second kappa shape index (κ2) is 4.63. The summed E-state index contributed by atoms with van der Waals surface area (Å²) in [5.41, 5.74) is 6.32. The number of aromatic amines is 1. The average molecular weight is 300 g/mol. The van der Waals surface area contributed by atoms with Gasteiger partial charge in [-0.1, -0.05) is 12.2 Å². The lowest BCUT2D eigenvalue weighted by atomic mass is 10.3. The lowest BCUT2D eigenvalue weighted by Gasteiger charge is -2.09. The molecule has 0 aliphatic heterocycles. The Balaban J connectivity index is 2.45. The SMILES string of the molecule is Cc1[nH]ncc1S(=O)(=O)Nc1c(C(N)=S)cnn1C. The van der Waals surface area contributed by atoms with Crippen LogP contribution in [0, 0.1) is 6.92 Å². The third-order valence-corrected chi connectivity index (χ3v) is 4.18. The third kappa shape index (κ3) is 2.44. The zero-order valence-electron chi connectivity index (χ0n) is 10.2. The van der Waals surface area contributed by atoms with Crippen molar-refractivity contribution in [1.82, 2.24) is 20.0 Å². The van der Waals surface area contributed by atoms with E-state index in [9.17, 15) is 8.42 Å². The van der Waals surface area contributed by atoms with Gasteiger partial charge < -0.3 is 5.73 Å². The van der Waals surface area contributed by atoms with Crippen molar-refractivity contribution in [2.75, 3.05) is 4.72 Å². The maximum atomic E-state index is 12.2. The molecule has 0 saturated carbocycles. The Bertz CT molecular complexity index is 730. The monoisotopic (exact) mass is 300 g/mol. The number of aryl methyl sites for hydroxylation is 2. The van der Waals surface area contributed by atoms with Crippen LogP contribution in [0.1, 0.15) is 11.3 Å². The minimum Gasteiger partial charge on any atom is -0.389 e. The molecule has 19 heavy (non-hydrogen) atoms. The Morgan fingerprint density at radius 1 is 1.53 bits per heavy atom. The van der Waals surface area contributed by atoms with Crippen LogP contribution in [0.5, 0.6) is 0 Å². The van der Waals surface area contributed by atoms with Crippen molar-refractivity contribution in [1.29, 1.82) is 0 Å². The molecular formula is C9H12N6O2S2. The van der Waals surface area contributed by atoms with Crippen molar-refractivity contribution in [2.24, 2.45) is 12.8 Å². The van der Waals surface area contributed by atoms with Crippen molar-refractivity contribution in [3.05, 3.63) is 23.7 Å². The number of hydrogen-bond acceptors (Lipinski definition) is 5. The number of anilines is 1. The summed E-state index contributed by atoms with van der Waals surface area (Å²) in [5, 5.41) is 10.2. The van der Waals surface area contributed by atoms with Gasteiger partial charge in [-0.05, 0) is 6.92 Å². The van der Waals surface area contributed by atoms with E-state index in [0.29, 0.717) is 11.3 Å². The Labute approximate surface area is 115 Å². The number of rotatable bonds is 4. The minimum atomic E-state index is -3.77. The van der Waals surface area contributed by atoms with Crippen LogP contribution < -0.4 is 10.5 Å². The van der Waals surface area contributed by atoms with Gasteiger partial charge in [-0.2, -0.15) is 10.2 Å². The number of thiocarbonyl (C=S) groups is 1. The van der Waals surface area contributed by atoms with Crippen molar-refractivity contribution in [3.63, 3.8) is 0 Å². The van der Waals surface area contributed by atoms with Crippen molar-refractivity contribution < 1.29 is 8.42 Å². The Morgan fingerprint density at radius 2 is 2.21 bits per heavy atom. The summed E-state index contributed by atoms with van der Waals surface area (Å²) >= 11 is 4.85. The Kier molecular flexibility index (Phi) is 3.28. The fraction of sp³-hybridized carbons (Fsp3) is 0.222. The van der Waals surface area contributed by atoms with Gasteiger partial charge in [0.25, 0.3) is 10.0 Å². The molecule has 4 N–H and O–H groups in total. The molecule has 0 amide bonds. The first-order chi connectivity index (χ1) is 8.83. The molecule has 10 heteroatoms. The molecule has 2 rings (SSSR count). The van der Waals surface area contributed by atoms with Gasteiger partial charge >= 0.3 is 0 Å². The zero-order valence-corrected chi connectivity index (χ0v) is 11.8. The molecule has 0 spiro atoms. The van der Waals surface area contributed by atoms with E-state index in [4.69, 9.17) is 18.0 Å². The van der Waals surface area contributed by atoms with E-state index >= 15 is 0 Å². The molecular weight excluding hydrogens is 288 g/mol. The van der Waals surface area contributed by atoms with Gasteiger partial charge in [-0.3, -0.25) is 14.5 Å². The van der Waals surface area contributed by atoms with Crippen molar-refractivity contribution in [2.45, 2.75) is 11.8 Å². The molecule has 102 valence electrons. The topological polar surface area (TPSA) is 119 Å². The number of nitrogens with two attached hydrogens (primary N) is 1. The lowest BCUT2D eigenvalue weighted by molar-refractivity contribution is 0.599. The largest absolute Gasteiger partial charge is 0.389 e. The first-order valence-corrected chi connectivity index (χ1v) is 7.06. The summed E-state index contributed by atoms with van der Waals surface area (Å²) in [6.45, 7) is 1.61. The molecule has 8 nitrogen and oxygen atoms in total. The molecule has 0 unspecified atom stereocenters. The molecule has 0 radical (unpaired) electrons. The summed E-state index contributed by atoms with van der Waals surface area (Å²) in [4.78, 5) is 0.123. The third-order valence-electron chi connectivity index (χ3n) is 2.51. The van der Waals surface area contributed by atoms with Crippen LogP contribution in [0.15, 0.2) is 17.3 Å². The smallest absolute Gasteiger partial charge is 0.266 e. The normalized spacial score (nSPS) is 11.5. The molecule has 0 atom stereocenters. The maximum Gasteiger partial charge on any atom is 0.266 e. The molecule has 0 fully saturated rings. The van der Waals surface area contributed by atoms with E-state index in [1.54, 1.807) is 14.0 Å². The molecule has 0 aromatic carbocycles. The van der Waals surface area contributed by atoms with Crippen LogP contribution in [0.4, 0.5) is 5.82 Å². The number of hydrogen-bond donors (Lipinski definition) is 3. The fourth-order valence-electron chi connectivity index (χ4n) is 1.53. The maximum absolute atomic E-state index is 12.2. The molecule has 0 saturated heterocycles. The first-order valence-electron chi connectivity index (χ1n) is 5.17. The second-order valence-corrected chi connectivity index (χ2v) is 5.95. The van der Waals surface area contributed by atoms with Crippen LogP contribution in [0.2, 0.25) is 0 Å². The first kappa shape index (κ1) is 13.5. The number of sulfonamides is 1. The highest BCUT2D eigenvalue weighted by molar-refractivity contribution is 7.92. The zero-order chi connectivity index (χ0) is 14.2. The highest BCUT2D eigenvalue weighted by Gasteiger charge is 2.22. The van der Waals surface area contributed by atoms with Gasteiger partial charge in [0.15, 0.2) is 0 Å². The van der Waals surface area contributed by atoms with Crippen LogP contribution in [-0.4, -0.2) is 33.4 Å². The number of nitrogens with one attached hydrogen (secondary N) is 2. The number of aromatic nitrogens is 4. The van der Waals surface area contributed by atoms with E-state index in [1.807, 2.05) is 0 Å². The van der Waals surface area contributed by atoms with Crippen LogP contribution in [-0.2, 0) is 17.1 Å². The highest BCUT2D eigenvalue weighted by atomic mass is 32.2. The van der Waals surface area contributed by atoms with Crippen molar-refractivity contribution >= 4 is 33.0 Å². The average Bonchev–Trinajstić information content (AvgIpc) is 2.86. The van der Waals surface area contributed by atoms with E-state index in [0.717, 1.165) is 0 Å². The van der Waals surface area contributed by atoms with E-state index in [1.165, 1.54) is 17.1 Å². The predicted molar refractivity (Wildman–Crippen MR) is 73.2 cm³/mol. The Morgan fingerprint density at radius 3 is 2.74 bits per heavy atom.